The summed E-state index contributed by atoms with van der Waals surface area (Å²) in [4.78, 5) is 55.3. The third kappa shape index (κ3) is 4.89. The summed E-state index contributed by atoms with van der Waals surface area (Å²) in [5.41, 5.74) is 2.37. The van der Waals surface area contributed by atoms with E-state index in [9.17, 15) is 19.2 Å². The van der Waals surface area contributed by atoms with Crippen LogP contribution < -0.4 is 16.0 Å². The second-order valence-corrected chi connectivity index (χ2v) is 9.00. The van der Waals surface area contributed by atoms with Crippen molar-refractivity contribution in [2.24, 2.45) is 0 Å². The van der Waals surface area contributed by atoms with Gasteiger partial charge in [-0.25, -0.2) is 0 Å². The average Bonchev–Trinajstić information content (AvgIpc) is 3.26. The molecule has 4 N–H and O–H groups in total. The highest BCUT2D eigenvalue weighted by Gasteiger charge is 2.29. The van der Waals surface area contributed by atoms with Crippen molar-refractivity contribution in [1.82, 2.24) is 20.5 Å². The van der Waals surface area contributed by atoms with Gasteiger partial charge in [0.2, 0.25) is 11.8 Å². The van der Waals surface area contributed by atoms with Crippen LogP contribution in [0.1, 0.15) is 46.5 Å². The first-order valence-corrected chi connectivity index (χ1v) is 11.8. The Hall–Kier alpha value is -4.14. The van der Waals surface area contributed by atoms with Gasteiger partial charge in [-0.2, -0.15) is 0 Å². The van der Waals surface area contributed by atoms with Crippen LogP contribution in [-0.4, -0.2) is 58.7 Å². The zero-order valence-electron chi connectivity index (χ0n) is 19.2. The molecule has 9 nitrogen and oxygen atoms in total. The SMILES string of the molecule is O=C(CC[C@@H]1NC(=O)c2ccccc2NC1=O)NC1CCN(C(=O)c2cc3ccccc3[nH]2)CC1. The lowest BCUT2D eigenvalue weighted by Crippen LogP contribution is -2.47. The number of anilines is 1. The van der Waals surface area contributed by atoms with E-state index in [2.05, 4.69) is 20.9 Å². The number of aromatic amines is 1. The van der Waals surface area contributed by atoms with Crippen molar-refractivity contribution < 1.29 is 19.2 Å². The van der Waals surface area contributed by atoms with Crippen LogP contribution >= 0.6 is 0 Å². The van der Waals surface area contributed by atoms with E-state index >= 15 is 0 Å². The van der Waals surface area contributed by atoms with Crippen molar-refractivity contribution >= 4 is 40.2 Å². The van der Waals surface area contributed by atoms with Crippen LogP contribution in [0.15, 0.2) is 54.6 Å². The summed E-state index contributed by atoms with van der Waals surface area (Å²) >= 11 is 0. The highest BCUT2D eigenvalue weighted by atomic mass is 16.2. The van der Waals surface area contributed by atoms with Gasteiger partial charge in [0.25, 0.3) is 11.8 Å². The molecule has 3 aromatic rings. The first kappa shape index (κ1) is 22.6. The zero-order valence-corrected chi connectivity index (χ0v) is 19.2. The van der Waals surface area contributed by atoms with Gasteiger partial charge in [0.1, 0.15) is 11.7 Å². The van der Waals surface area contributed by atoms with Crippen LogP contribution in [-0.2, 0) is 9.59 Å². The van der Waals surface area contributed by atoms with Gasteiger partial charge in [-0.1, -0.05) is 30.3 Å². The second kappa shape index (κ2) is 9.61. The molecule has 0 radical (unpaired) electrons. The molecule has 0 saturated carbocycles. The molecule has 0 spiro atoms. The van der Waals surface area contributed by atoms with Gasteiger partial charge in [0.05, 0.1) is 11.3 Å². The van der Waals surface area contributed by atoms with E-state index in [0.717, 1.165) is 10.9 Å². The number of rotatable bonds is 5. The third-order valence-corrected chi connectivity index (χ3v) is 6.62. The average molecular weight is 474 g/mol. The van der Waals surface area contributed by atoms with Crippen LogP contribution in [0.2, 0.25) is 0 Å². The van der Waals surface area contributed by atoms with E-state index in [0.29, 0.717) is 42.9 Å². The van der Waals surface area contributed by atoms with Gasteiger partial charge in [0.15, 0.2) is 0 Å². The molecule has 180 valence electrons. The number of piperidine rings is 1. The van der Waals surface area contributed by atoms with Crippen molar-refractivity contribution in [2.45, 2.75) is 37.8 Å². The molecular formula is C26H27N5O4. The standard InChI is InChI=1S/C26H27N5O4/c32-23(10-9-21-25(34)29-20-8-4-2-6-18(20)24(33)30-21)27-17-11-13-31(14-12-17)26(35)22-15-16-5-1-3-7-19(16)28-22/h1-8,15,17,21,28H,9-14H2,(H,27,32)(H,29,34)(H,30,33)/t21-/m0/s1. The van der Waals surface area contributed by atoms with Crippen molar-refractivity contribution in [2.75, 3.05) is 18.4 Å². The van der Waals surface area contributed by atoms with E-state index in [-0.39, 0.29) is 42.5 Å². The number of hydrogen-bond acceptors (Lipinski definition) is 4. The van der Waals surface area contributed by atoms with Gasteiger partial charge in [-0.15, -0.1) is 0 Å². The number of fused-ring (bicyclic) bond motifs is 2. The molecule has 1 saturated heterocycles. The van der Waals surface area contributed by atoms with E-state index in [4.69, 9.17) is 0 Å². The molecule has 5 rings (SSSR count). The summed E-state index contributed by atoms with van der Waals surface area (Å²) in [5.74, 6) is -0.882. The van der Waals surface area contributed by atoms with E-state index in [1.165, 1.54) is 0 Å². The smallest absolute Gasteiger partial charge is 0.270 e. The number of nitrogens with zero attached hydrogens (tertiary/aromatic N) is 1. The summed E-state index contributed by atoms with van der Waals surface area (Å²) in [6.45, 7) is 1.11. The molecule has 1 atom stereocenters. The van der Waals surface area contributed by atoms with Crippen molar-refractivity contribution in [3.05, 3.63) is 65.9 Å². The van der Waals surface area contributed by atoms with Crippen molar-refractivity contribution in [3.63, 3.8) is 0 Å². The largest absolute Gasteiger partial charge is 0.353 e. The van der Waals surface area contributed by atoms with Crippen LogP contribution in [0.3, 0.4) is 0 Å². The van der Waals surface area contributed by atoms with Crippen LogP contribution in [0.25, 0.3) is 10.9 Å². The highest BCUT2D eigenvalue weighted by molar-refractivity contribution is 6.09. The van der Waals surface area contributed by atoms with E-state index < -0.39 is 6.04 Å². The Morgan fingerprint density at radius 1 is 1.00 bits per heavy atom. The van der Waals surface area contributed by atoms with Crippen molar-refractivity contribution in [3.8, 4) is 0 Å². The number of hydrogen-bond donors (Lipinski definition) is 4. The number of amides is 4. The minimum Gasteiger partial charge on any atom is -0.353 e. The summed E-state index contributed by atoms with van der Waals surface area (Å²) < 4.78 is 0. The van der Waals surface area contributed by atoms with Gasteiger partial charge in [-0.05, 0) is 43.5 Å². The molecular weight excluding hydrogens is 446 g/mol. The number of para-hydroxylation sites is 2. The lowest BCUT2D eigenvalue weighted by Gasteiger charge is -2.32. The van der Waals surface area contributed by atoms with Gasteiger partial charge >= 0.3 is 0 Å². The second-order valence-electron chi connectivity index (χ2n) is 9.00. The Kier molecular flexibility index (Phi) is 6.22. The molecule has 0 unspecified atom stereocenters. The topological polar surface area (TPSA) is 123 Å². The number of carbonyl (C=O) groups is 4. The Morgan fingerprint density at radius 2 is 1.74 bits per heavy atom. The Morgan fingerprint density at radius 3 is 2.54 bits per heavy atom. The number of H-pyrrole nitrogens is 1. The molecule has 3 heterocycles. The molecule has 35 heavy (non-hydrogen) atoms. The van der Waals surface area contributed by atoms with Crippen molar-refractivity contribution in [1.29, 1.82) is 0 Å². The predicted molar refractivity (Wildman–Crippen MR) is 131 cm³/mol. The van der Waals surface area contributed by atoms with Crippen LogP contribution in [0, 0.1) is 0 Å². The number of likely N-dealkylation sites (tertiary alicyclic amines) is 1. The van der Waals surface area contributed by atoms with Gasteiger partial charge in [-0.3, -0.25) is 19.2 Å². The molecule has 2 aromatic carbocycles. The van der Waals surface area contributed by atoms with Gasteiger partial charge < -0.3 is 25.8 Å². The fourth-order valence-electron chi connectivity index (χ4n) is 4.68. The quantitative estimate of drug-likeness (QED) is 0.454. The summed E-state index contributed by atoms with van der Waals surface area (Å²) in [6, 6.07) is 15.6. The first-order chi connectivity index (χ1) is 17.0. The molecule has 0 aliphatic carbocycles. The minimum atomic E-state index is -0.781. The first-order valence-electron chi connectivity index (χ1n) is 11.8. The maximum absolute atomic E-state index is 12.9. The molecule has 1 fully saturated rings. The summed E-state index contributed by atoms with van der Waals surface area (Å²) in [7, 11) is 0. The zero-order chi connectivity index (χ0) is 24.4. The van der Waals surface area contributed by atoms with E-state index in [1.807, 2.05) is 30.3 Å². The van der Waals surface area contributed by atoms with Gasteiger partial charge in [0, 0.05) is 36.5 Å². The third-order valence-electron chi connectivity index (χ3n) is 6.62. The van der Waals surface area contributed by atoms with Crippen LogP contribution in [0.5, 0.6) is 0 Å². The lowest BCUT2D eigenvalue weighted by molar-refractivity contribution is -0.122. The number of nitrogens with one attached hydrogen (secondary N) is 4. The molecule has 2 aliphatic rings. The Balaban J connectivity index is 1.09. The maximum atomic E-state index is 12.9. The molecule has 9 heteroatoms. The van der Waals surface area contributed by atoms with E-state index in [1.54, 1.807) is 29.2 Å². The summed E-state index contributed by atoms with van der Waals surface area (Å²) in [5, 5.41) is 9.47. The number of benzene rings is 2. The normalized spacial score (nSPS) is 18.4. The lowest BCUT2D eigenvalue weighted by atomic mass is 10.0. The monoisotopic (exact) mass is 473 g/mol. The fraction of sp³-hybridized carbons (Fsp3) is 0.308. The molecule has 1 aromatic heterocycles. The highest BCUT2D eigenvalue weighted by Crippen LogP contribution is 2.20. The number of carbonyl (C=O) groups excluding carboxylic acids is 4. The fourth-order valence-corrected chi connectivity index (χ4v) is 4.68. The minimum absolute atomic E-state index is 0.0314. The maximum Gasteiger partial charge on any atom is 0.270 e. The Bertz CT molecular complexity index is 1260. The predicted octanol–water partition coefficient (Wildman–Crippen LogP) is 2.42. The molecule has 4 amide bonds. The van der Waals surface area contributed by atoms with Crippen LogP contribution in [0.4, 0.5) is 5.69 Å². The number of aromatic nitrogens is 1. The Labute approximate surface area is 202 Å². The summed E-state index contributed by atoms with van der Waals surface area (Å²) in [6.07, 6.45) is 1.64. The molecule has 0 bridgehead atoms. The molecule has 2 aliphatic heterocycles.